The summed E-state index contributed by atoms with van der Waals surface area (Å²) in [5.41, 5.74) is 6.47. The fraction of sp³-hybridized carbons (Fsp3) is 0.594. The number of carbonyl (C=O) groups is 1. The number of amides is 1. The third-order valence-corrected chi connectivity index (χ3v) is 11.9. The molecule has 0 aromatic carbocycles. The van der Waals surface area contributed by atoms with Crippen molar-refractivity contribution in [2.45, 2.75) is 82.0 Å². The van der Waals surface area contributed by atoms with Crippen molar-refractivity contribution in [3.8, 4) is 0 Å². The van der Waals surface area contributed by atoms with Crippen LogP contribution in [0, 0.1) is 22.7 Å². The van der Waals surface area contributed by atoms with Gasteiger partial charge < -0.3 is 15.0 Å². The van der Waals surface area contributed by atoms with Gasteiger partial charge in [0.25, 0.3) is 5.91 Å². The molecule has 0 radical (unpaired) electrons. The fourth-order valence-corrected chi connectivity index (χ4v) is 9.28. The zero-order valence-corrected chi connectivity index (χ0v) is 26.3. The van der Waals surface area contributed by atoms with E-state index in [1.54, 1.807) is 0 Å². The number of fused-ring (bicyclic) bond motifs is 7. The average molecular weight is 600 g/mol. The van der Waals surface area contributed by atoms with Crippen LogP contribution in [0.2, 0.25) is 0 Å². The van der Waals surface area contributed by atoms with Gasteiger partial charge in [0.1, 0.15) is 36.6 Å². The third kappa shape index (κ3) is 4.82. The van der Waals surface area contributed by atoms with Crippen LogP contribution in [0.5, 0.6) is 0 Å². The maximum absolute atomic E-state index is 13.6. The Kier molecular flexibility index (Phi) is 6.55. The highest BCUT2D eigenvalue weighted by atomic mass is 32.2. The van der Waals surface area contributed by atoms with Gasteiger partial charge in [-0.2, -0.15) is 5.43 Å². The summed E-state index contributed by atoms with van der Waals surface area (Å²) in [4.78, 5) is 25.9. The van der Waals surface area contributed by atoms with Crippen LogP contribution in [-0.2, 0) is 4.74 Å². The highest BCUT2D eigenvalue weighted by molar-refractivity contribution is 7.97. The van der Waals surface area contributed by atoms with Crippen LogP contribution >= 0.6 is 11.9 Å². The third-order valence-electron chi connectivity index (χ3n) is 11.2. The molecule has 2 unspecified atom stereocenters. The quantitative estimate of drug-likeness (QED) is 0.351. The van der Waals surface area contributed by atoms with Crippen LogP contribution < -0.4 is 30.8 Å². The monoisotopic (exact) mass is 599 g/mol. The van der Waals surface area contributed by atoms with Crippen LogP contribution in [0.4, 0.5) is 17.5 Å². The molecule has 2 atom stereocenters. The predicted molar refractivity (Wildman–Crippen MR) is 173 cm³/mol. The first-order chi connectivity index (χ1) is 20.8. The predicted octanol–water partition coefficient (Wildman–Crippen LogP) is 3.74. The Morgan fingerprint density at radius 1 is 1.12 bits per heavy atom. The molecule has 2 aromatic heterocycles. The summed E-state index contributed by atoms with van der Waals surface area (Å²) in [5, 5.41) is 6.20. The minimum absolute atomic E-state index is 0.119. The molecule has 5 heterocycles. The number of nitrogens with one attached hydrogen (secondary N) is 3. The van der Waals surface area contributed by atoms with Crippen molar-refractivity contribution in [3.05, 3.63) is 42.1 Å². The van der Waals surface area contributed by atoms with E-state index in [1.165, 1.54) is 44.1 Å². The van der Waals surface area contributed by atoms with Crippen molar-refractivity contribution >= 4 is 48.6 Å². The van der Waals surface area contributed by atoms with Gasteiger partial charge in [-0.05, 0) is 118 Å². The lowest BCUT2D eigenvalue weighted by Crippen LogP contribution is -2.41. The molecule has 9 nitrogen and oxygen atoms in total. The van der Waals surface area contributed by atoms with Crippen LogP contribution in [-0.4, -0.2) is 55.2 Å². The fourth-order valence-electron chi connectivity index (χ4n) is 8.70. The molecule has 11 heteroatoms. The second-order valence-corrected chi connectivity index (χ2v) is 15.1. The molecule has 3 saturated carbocycles. The van der Waals surface area contributed by atoms with Gasteiger partial charge in [0.2, 0.25) is 0 Å². The van der Waals surface area contributed by atoms with E-state index in [0.717, 1.165) is 83.6 Å². The SMILES string of the molecule is Bc1ccc2nc1NCCCC1CN(c3nc(N4C=CC(OCCC5C6(CC6)C56CC6)N4)ccc3C(=O)NS2)C(C)(C)C1. The summed E-state index contributed by atoms with van der Waals surface area (Å²) in [6, 6.07) is 7.82. The van der Waals surface area contributed by atoms with Crippen molar-refractivity contribution in [3.63, 3.8) is 0 Å². The van der Waals surface area contributed by atoms with E-state index >= 15 is 0 Å². The van der Waals surface area contributed by atoms with Gasteiger partial charge in [0.05, 0.1) is 5.56 Å². The van der Waals surface area contributed by atoms with Gasteiger partial charge in [-0.1, -0.05) is 6.07 Å². The smallest absolute Gasteiger partial charge is 0.265 e. The van der Waals surface area contributed by atoms with Gasteiger partial charge in [-0.15, -0.1) is 0 Å². The molecule has 226 valence electrons. The number of pyridine rings is 2. The van der Waals surface area contributed by atoms with Gasteiger partial charge >= 0.3 is 0 Å². The topological polar surface area (TPSA) is 94.7 Å². The summed E-state index contributed by atoms with van der Waals surface area (Å²) in [5.74, 6) is 3.62. The number of nitrogens with zero attached hydrogens (tertiary/aromatic N) is 4. The largest absolute Gasteiger partial charge is 0.371 e. The summed E-state index contributed by atoms with van der Waals surface area (Å²) in [7, 11) is 2.06. The summed E-state index contributed by atoms with van der Waals surface area (Å²) in [6.07, 6.45) is 14.1. The Hall–Kier alpha value is -2.76. The molecule has 6 aliphatic rings. The molecule has 4 bridgehead atoms. The molecule has 2 aromatic rings. The van der Waals surface area contributed by atoms with Crippen molar-refractivity contribution in [1.29, 1.82) is 0 Å². The molecule has 4 fully saturated rings. The molecule has 8 rings (SSSR count). The lowest BCUT2D eigenvalue weighted by molar-refractivity contribution is 0.0624. The lowest BCUT2D eigenvalue weighted by Gasteiger charge is -2.34. The van der Waals surface area contributed by atoms with Gasteiger partial charge in [-0.3, -0.25) is 14.5 Å². The van der Waals surface area contributed by atoms with Gasteiger partial charge in [0.15, 0.2) is 0 Å². The van der Waals surface area contributed by atoms with Crippen LogP contribution in [0.1, 0.15) is 75.6 Å². The minimum Gasteiger partial charge on any atom is -0.371 e. The molecule has 2 spiro atoms. The number of anilines is 3. The number of aromatic nitrogens is 2. The number of carbonyl (C=O) groups excluding carboxylic acids is 1. The standard InChI is InChI=1S/C32H42BN7O2S/c1-30(2)18-20-4-3-15-34-27-22(33)6-8-26(36-27)43-38-29(41)21-5-7-24(35-28(21)39(30)19-20)40-16-9-25(37-40)42-17-10-23-31(11-12-31)32(23)13-14-32/h5-9,16,20,23,25,37H,3-4,10-15,17-19,33H2,1-2H3,(H,34,36)(H,38,41). The Balaban J connectivity index is 1.00. The van der Waals surface area contributed by atoms with Crippen LogP contribution in [0.25, 0.3) is 0 Å². The molecular weight excluding hydrogens is 557 g/mol. The zero-order valence-electron chi connectivity index (χ0n) is 25.5. The van der Waals surface area contributed by atoms with Crippen molar-refractivity contribution < 1.29 is 9.53 Å². The maximum Gasteiger partial charge on any atom is 0.265 e. The van der Waals surface area contributed by atoms with E-state index in [1.807, 2.05) is 35.5 Å². The van der Waals surface area contributed by atoms with Crippen LogP contribution in [0.15, 0.2) is 41.6 Å². The van der Waals surface area contributed by atoms with Crippen molar-refractivity contribution in [2.75, 3.05) is 34.9 Å². The van der Waals surface area contributed by atoms with E-state index in [4.69, 9.17) is 14.7 Å². The number of hydrazine groups is 1. The number of rotatable bonds is 5. The number of ether oxygens (including phenoxy) is 1. The van der Waals surface area contributed by atoms with Crippen molar-refractivity contribution in [2.24, 2.45) is 22.7 Å². The molecule has 3 aliphatic carbocycles. The summed E-state index contributed by atoms with van der Waals surface area (Å²) >= 11 is 1.24. The van der Waals surface area contributed by atoms with Gasteiger partial charge in [0, 0.05) is 43.4 Å². The van der Waals surface area contributed by atoms with E-state index in [-0.39, 0.29) is 17.7 Å². The zero-order chi connectivity index (χ0) is 29.4. The summed E-state index contributed by atoms with van der Waals surface area (Å²) < 4.78 is 9.29. The normalized spacial score (nSPS) is 27.8. The Labute approximate surface area is 259 Å². The van der Waals surface area contributed by atoms with E-state index in [2.05, 4.69) is 48.1 Å². The molecule has 3 N–H and O–H groups in total. The lowest BCUT2D eigenvalue weighted by atomic mass is 9.93. The Bertz CT molecular complexity index is 1460. The average Bonchev–Trinajstić information content (AvgIpc) is 3.94. The second-order valence-electron chi connectivity index (χ2n) is 14.2. The van der Waals surface area contributed by atoms with Gasteiger partial charge in [-0.25, -0.2) is 9.97 Å². The highest BCUT2D eigenvalue weighted by Crippen LogP contribution is 2.93. The van der Waals surface area contributed by atoms with Crippen LogP contribution in [0.3, 0.4) is 0 Å². The molecule has 1 amide bonds. The van der Waals surface area contributed by atoms with E-state index in [0.29, 0.717) is 11.5 Å². The van der Waals surface area contributed by atoms with E-state index in [9.17, 15) is 4.79 Å². The van der Waals surface area contributed by atoms with Crippen molar-refractivity contribution in [1.82, 2.24) is 20.1 Å². The number of hydrogen-bond donors (Lipinski definition) is 3. The highest BCUT2D eigenvalue weighted by Gasteiger charge is 2.85. The number of hydrogen-bond acceptors (Lipinski definition) is 9. The molecule has 43 heavy (non-hydrogen) atoms. The first-order valence-corrected chi connectivity index (χ1v) is 16.9. The second kappa shape index (κ2) is 10.1. The molecule has 1 saturated heterocycles. The Morgan fingerprint density at radius 2 is 1.93 bits per heavy atom. The summed E-state index contributed by atoms with van der Waals surface area (Å²) in [6.45, 7) is 7.08. The first kappa shape index (κ1) is 27.8. The minimum atomic E-state index is -0.170. The molecule has 3 aliphatic heterocycles. The first-order valence-electron chi connectivity index (χ1n) is 16.1. The maximum atomic E-state index is 13.6. The van der Waals surface area contributed by atoms with E-state index < -0.39 is 0 Å². The Morgan fingerprint density at radius 3 is 2.72 bits per heavy atom. The molecular formula is C32H42BN7O2S.